The van der Waals surface area contributed by atoms with E-state index in [2.05, 4.69) is 32.2 Å². The van der Waals surface area contributed by atoms with E-state index in [4.69, 9.17) is 10.5 Å². The first-order chi connectivity index (χ1) is 17.3. The van der Waals surface area contributed by atoms with Gasteiger partial charge in [0.2, 0.25) is 0 Å². The maximum absolute atomic E-state index is 14.2. The van der Waals surface area contributed by atoms with Crippen molar-refractivity contribution in [1.29, 1.82) is 0 Å². The highest BCUT2D eigenvalue weighted by molar-refractivity contribution is 7.19. The van der Waals surface area contributed by atoms with Crippen molar-refractivity contribution in [3.8, 4) is 10.6 Å². The van der Waals surface area contributed by atoms with Gasteiger partial charge in [0.05, 0.1) is 31.0 Å². The molecule has 0 radical (unpaired) electrons. The van der Waals surface area contributed by atoms with Crippen molar-refractivity contribution in [2.24, 2.45) is 7.05 Å². The maximum atomic E-state index is 14.2. The van der Waals surface area contributed by atoms with Gasteiger partial charge in [-0.25, -0.2) is 13.8 Å². The first-order valence-corrected chi connectivity index (χ1v) is 12.7. The van der Waals surface area contributed by atoms with Gasteiger partial charge >= 0.3 is 0 Å². The fourth-order valence-corrected chi connectivity index (χ4v) is 5.71. The van der Waals surface area contributed by atoms with Gasteiger partial charge in [0.25, 0.3) is 5.91 Å². The number of hydrogen-bond acceptors (Lipinski definition) is 8. The molecule has 1 aromatic carbocycles. The number of amides is 1. The number of anilines is 3. The number of aryl methyl sites for hydroxylation is 1. The molecule has 9 nitrogen and oxygen atoms in total. The summed E-state index contributed by atoms with van der Waals surface area (Å²) in [5.74, 6) is -1.29. The first kappa shape index (κ1) is 24.6. The smallest absolute Gasteiger partial charge is 0.277 e. The Balaban J connectivity index is 1.32. The van der Waals surface area contributed by atoms with Gasteiger partial charge in [0, 0.05) is 26.2 Å². The van der Waals surface area contributed by atoms with Crippen molar-refractivity contribution in [1.82, 2.24) is 19.7 Å². The van der Waals surface area contributed by atoms with Crippen LogP contribution in [0.2, 0.25) is 0 Å². The number of halogens is 2. The van der Waals surface area contributed by atoms with Crippen molar-refractivity contribution in [2.75, 3.05) is 49.3 Å². The monoisotopic (exact) mass is 517 g/mol. The number of nitrogens with zero attached hydrogens (tertiary/aromatic N) is 5. The molecule has 0 spiro atoms. The second kappa shape index (κ2) is 10.1. The van der Waals surface area contributed by atoms with Crippen LogP contribution in [0.3, 0.4) is 0 Å². The van der Waals surface area contributed by atoms with Crippen LogP contribution < -0.4 is 16.0 Å². The molecule has 36 heavy (non-hydrogen) atoms. The molecule has 1 amide bonds. The Bertz CT molecular complexity index is 1240. The quantitative estimate of drug-likeness (QED) is 0.517. The van der Waals surface area contributed by atoms with Gasteiger partial charge in [-0.1, -0.05) is 17.4 Å². The third kappa shape index (κ3) is 4.67. The molecule has 12 heteroatoms. The third-order valence-electron chi connectivity index (χ3n) is 6.97. The number of benzene rings is 1. The number of ether oxygens (including phenoxy) is 1. The molecule has 2 fully saturated rings. The molecule has 0 unspecified atom stereocenters. The third-order valence-corrected chi connectivity index (χ3v) is 7.87. The minimum atomic E-state index is -0.764. The molecule has 2 aliphatic heterocycles. The van der Waals surface area contributed by atoms with Crippen LogP contribution in [0.5, 0.6) is 0 Å². The SMILES string of the molecule is CN(C1COC1)[C@H]1CCCN(c2c(NC(=O)c3nc(-c4c(F)cccc4F)sc3N)cnn2C)CC1. The number of nitrogens with two attached hydrogens (primary N) is 1. The summed E-state index contributed by atoms with van der Waals surface area (Å²) in [6.07, 6.45) is 4.68. The Morgan fingerprint density at radius 2 is 1.97 bits per heavy atom. The summed E-state index contributed by atoms with van der Waals surface area (Å²) < 4.78 is 35.5. The number of carbonyl (C=O) groups is 1. The Morgan fingerprint density at radius 3 is 2.67 bits per heavy atom. The fraction of sp³-hybridized carbons (Fsp3) is 0.458. The van der Waals surface area contributed by atoms with E-state index in [9.17, 15) is 13.6 Å². The highest BCUT2D eigenvalue weighted by Gasteiger charge is 2.31. The molecule has 0 bridgehead atoms. The van der Waals surface area contributed by atoms with E-state index in [0.717, 1.165) is 74.9 Å². The van der Waals surface area contributed by atoms with Crippen LogP contribution in [0.1, 0.15) is 29.8 Å². The molecule has 5 rings (SSSR count). The Morgan fingerprint density at radius 1 is 1.22 bits per heavy atom. The number of hydrogen-bond donors (Lipinski definition) is 2. The number of rotatable bonds is 6. The lowest BCUT2D eigenvalue weighted by molar-refractivity contribution is -0.0705. The highest BCUT2D eigenvalue weighted by atomic mass is 32.1. The lowest BCUT2D eigenvalue weighted by Crippen LogP contribution is -2.51. The number of aromatic nitrogens is 3. The van der Waals surface area contributed by atoms with Crippen LogP contribution in [-0.2, 0) is 11.8 Å². The van der Waals surface area contributed by atoms with E-state index in [1.54, 1.807) is 10.9 Å². The molecular formula is C24H29F2N7O2S. The van der Waals surface area contributed by atoms with E-state index in [-0.39, 0.29) is 21.3 Å². The average molecular weight is 518 g/mol. The second-order valence-corrected chi connectivity index (χ2v) is 10.2. The average Bonchev–Trinajstić information content (AvgIpc) is 3.25. The predicted octanol–water partition coefficient (Wildman–Crippen LogP) is 3.35. The van der Waals surface area contributed by atoms with E-state index in [0.29, 0.717) is 17.8 Å². The van der Waals surface area contributed by atoms with E-state index in [1.807, 2.05) is 7.05 Å². The zero-order chi connectivity index (χ0) is 25.4. The van der Waals surface area contributed by atoms with Crippen LogP contribution >= 0.6 is 11.3 Å². The van der Waals surface area contributed by atoms with E-state index < -0.39 is 17.5 Å². The standard InChI is InChI=1S/C24H29F2N7O2S/c1-31(15-12-35-13-15)14-5-4-9-33(10-8-14)24-18(11-28-32(24)2)29-22(34)20-21(27)36-23(30-20)19-16(25)6-3-7-17(19)26/h3,6-7,11,14-15H,4-5,8-10,12-13,27H2,1-2H3,(H,29,34)/t14-/m0/s1. The van der Waals surface area contributed by atoms with E-state index >= 15 is 0 Å². The summed E-state index contributed by atoms with van der Waals surface area (Å²) in [7, 11) is 4.00. The van der Waals surface area contributed by atoms with Crippen LogP contribution in [0.4, 0.5) is 25.3 Å². The zero-order valence-electron chi connectivity index (χ0n) is 20.2. The Labute approximate surface area is 211 Å². The topological polar surface area (TPSA) is 102 Å². The minimum absolute atomic E-state index is 0.0132. The molecule has 2 aliphatic rings. The molecule has 3 N–H and O–H groups in total. The molecule has 192 valence electrons. The number of nitrogens with one attached hydrogen (secondary N) is 1. The molecule has 2 aromatic heterocycles. The second-order valence-electron chi connectivity index (χ2n) is 9.22. The van der Waals surface area contributed by atoms with Gasteiger partial charge in [0.1, 0.15) is 27.3 Å². The van der Waals surface area contributed by atoms with Crippen molar-refractivity contribution in [2.45, 2.75) is 31.3 Å². The van der Waals surface area contributed by atoms with Crippen molar-refractivity contribution in [3.63, 3.8) is 0 Å². The van der Waals surface area contributed by atoms with E-state index in [1.165, 1.54) is 6.07 Å². The zero-order valence-corrected chi connectivity index (χ0v) is 21.0. The van der Waals surface area contributed by atoms with Gasteiger partial charge in [-0.05, 0) is 38.4 Å². The normalized spacial score (nSPS) is 18.8. The number of nitrogen functional groups attached to an aromatic ring is 1. The van der Waals surface area contributed by atoms with Gasteiger partial charge in [-0.3, -0.25) is 14.4 Å². The molecule has 1 atom stereocenters. The predicted molar refractivity (Wildman–Crippen MR) is 135 cm³/mol. The van der Waals surface area contributed by atoms with Crippen LogP contribution in [0, 0.1) is 11.6 Å². The molecular weight excluding hydrogens is 488 g/mol. The fourth-order valence-electron chi connectivity index (χ4n) is 4.83. The van der Waals surface area contributed by atoms with Crippen molar-refractivity contribution in [3.05, 3.63) is 41.7 Å². The minimum Gasteiger partial charge on any atom is -0.389 e. The molecule has 0 saturated carbocycles. The first-order valence-electron chi connectivity index (χ1n) is 11.9. The van der Waals surface area contributed by atoms with Gasteiger partial charge in [0.15, 0.2) is 11.5 Å². The molecule has 3 aromatic rings. The Kier molecular flexibility index (Phi) is 6.91. The lowest BCUT2D eigenvalue weighted by atomic mass is 10.1. The van der Waals surface area contributed by atoms with Crippen LogP contribution in [0.25, 0.3) is 10.6 Å². The summed E-state index contributed by atoms with van der Waals surface area (Å²) in [5.41, 5.74) is 6.19. The van der Waals surface area contributed by atoms with Gasteiger partial charge < -0.3 is 20.7 Å². The van der Waals surface area contributed by atoms with Gasteiger partial charge in [-0.2, -0.15) is 5.10 Å². The van der Waals surface area contributed by atoms with Crippen LogP contribution in [-0.4, -0.2) is 71.0 Å². The molecule has 2 saturated heterocycles. The lowest BCUT2D eigenvalue weighted by Gasteiger charge is -2.39. The maximum Gasteiger partial charge on any atom is 0.277 e. The van der Waals surface area contributed by atoms with Gasteiger partial charge in [-0.15, -0.1) is 0 Å². The number of carbonyl (C=O) groups excluding carboxylic acids is 1. The van der Waals surface area contributed by atoms with Crippen LogP contribution in [0.15, 0.2) is 24.4 Å². The highest BCUT2D eigenvalue weighted by Crippen LogP contribution is 2.35. The summed E-state index contributed by atoms with van der Waals surface area (Å²) >= 11 is 0.868. The summed E-state index contributed by atoms with van der Waals surface area (Å²) in [6.45, 7) is 3.24. The largest absolute Gasteiger partial charge is 0.389 e. The number of thiazole rings is 1. The number of likely N-dealkylation sites (N-methyl/N-ethyl adjacent to an activating group) is 1. The summed E-state index contributed by atoms with van der Waals surface area (Å²) in [4.78, 5) is 21.9. The van der Waals surface area contributed by atoms with Crippen molar-refractivity contribution < 1.29 is 18.3 Å². The summed E-state index contributed by atoms with van der Waals surface area (Å²) in [6, 6.07) is 4.51. The Hall–Kier alpha value is -3.09. The summed E-state index contributed by atoms with van der Waals surface area (Å²) in [5, 5.41) is 7.31. The molecule has 4 heterocycles. The van der Waals surface area contributed by atoms with Crippen molar-refractivity contribution >= 4 is 33.8 Å². The molecule has 0 aliphatic carbocycles.